The van der Waals surface area contributed by atoms with Gasteiger partial charge in [-0.15, -0.1) is 0 Å². The van der Waals surface area contributed by atoms with Gasteiger partial charge in [0.25, 0.3) is 0 Å². The molecule has 0 amide bonds. The highest BCUT2D eigenvalue weighted by molar-refractivity contribution is 6.63. The fourth-order valence-electron chi connectivity index (χ4n) is 3.13. The number of hydrogen-bond donors (Lipinski definition) is 0. The molecule has 0 bridgehead atoms. The van der Waals surface area contributed by atoms with Crippen LogP contribution in [-0.2, 0) is 0 Å². The van der Waals surface area contributed by atoms with Crippen LogP contribution in [0, 0.1) is 0 Å². The van der Waals surface area contributed by atoms with Crippen molar-refractivity contribution < 1.29 is 0 Å². The largest absolute Gasteiger partial charge is 0.299 e. The maximum atomic E-state index is 4.81. The first-order valence-electron chi connectivity index (χ1n) is 7.74. The van der Waals surface area contributed by atoms with E-state index >= 15 is 0 Å². The van der Waals surface area contributed by atoms with Crippen molar-refractivity contribution in [2.75, 3.05) is 0 Å². The van der Waals surface area contributed by atoms with E-state index in [0.29, 0.717) is 0 Å². The van der Waals surface area contributed by atoms with Crippen molar-refractivity contribution >= 4 is 73.0 Å². The zero-order chi connectivity index (χ0) is 17.4. The molecule has 0 saturated carbocycles. The zero-order valence-corrected chi connectivity index (χ0v) is 15.3. The number of fused-ring (bicyclic) bond motifs is 6. The highest BCUT2D eigenvalue weighted by Crippen LogP contribution is 2.28. The predicted molar refractivity (Wildman–Crippen MR) is 109 cm³/mol. The fraction of sp³-hybridized carbons (Fsp3) is 0.0500. The van der Waals surface area contributed by atoms with E-state index in [4.69, 9.17) is 39.8 Å². The number of halogens is 3. The summed E-state index contributed by atoms with van der Waals surface area (Å²) in [4.78, 5) is 4.81. The number of benzene rings is 3. The Labute approximate surface area is 159 Å². The van der Waals surface area contributed by atoms with Crippen molar-refractivity contribution in [2.45, 2.75) is 4.30 Å². The molecule has 3 aromatic carbocycles. The summed E-state index contributed by atoms with van der Waals surface area (Å²) in [5.74, 6) is 0. The molecule has 0 aliphatic rings. The molecule has 5 rings (SSSR count). The van der Waals surface area contributed by atoms with Crippen molar-refractivity contribution in [3.63, 3.8) is 0 Å². The molecule has 0 spiro atoms. The third-order valence-corrected chi connectivity index (χ3v) is 4.16. The van der Waals surface area contributed by atoms with Crippen LogP contribution in [0.1, 0.15) is 0 Å². The Morgan fingerprint density at radius 2 is 1.40 bits per heavy atom. The van der Waals surface area contributed by atoms with Crippen molar-refractivity contribution in [1.82, 2.24) is 9.38 Å². The summed E-state index contributed by atoms with van der Waals surface area (Å²) in [6.45, 7) is 0. The minimum Gasteiger partial charge on any atom is -0.299 e. The highest BCUT2D eigenvalue weighted by atomic mass is 35.6. The molecule has 5 aromatic rings. The molecule has 0 N–H and O–H groups in total. The van der Waals surface area contributed by atoms with Crippen molar-refractivity contribution in [3.05, 3.63) is 72.9 Å². The van der Waals surface area contributed by atoms with Gasteiger partial charge in [-0.2, -0.15) is 0 Å². The van der Waals surface area contributed by atoms with Gasteiger partial charge in [-0.05, 0) is 46.5 Å². The molecule has 0 unspecified atom stereocenters. The fourth-order valence-corrected chi connectivity index (χ4v) is 3.13. The average molecular weight is 388 g/mol. The number of imidazole rings is 1. The van der Waals surface area contributed by atoms with Gasteiger partial charge in [-0.1, -0.05) is 71.2 Å². The molecule has 0 atom stereocenters. The molecular weight excluding hydrogens is 375 g/mol. The van der Waals surface area contributed by atoms with E-state index in [2.05, 4.69) is 71.3 Å². The van der Waals surface area contributed by atoms with E-state index in [0.717, 1.165) is 16.7 Å². The normalized spacial score (nSPS) is 11.4. The Hall–Kier alpha value is -2.00. The topological polar surface area (TPSA) is 17.3 Å². The standard InChI is InChI=1S/C19H12N2.CHCl3/c1-2-6-14-12-16-15(11-13(14)5-1)9-10-21-18-8-4-3-7-17(18)20-19(16)21;2-1(3)4/h1-12H;1H. The smallest absolute Gasteiger partial charge is 0.180 e. The summed E-state index contributed by atoms with van der Waals surface area (Å²) in [7, 11) is 0. The molecule has 0 aliphatic carbocycles. The van der Waals surface area contributed by atoms with Crippen molar-refractivity contribution in [1.29, 1.82) is 0 Å². The van der Waals surface area contributed by atoms with E-state index in [1.54, 1.807) is 0 Å². The SMILES string of the molecule is ClC(Cl)Cl.c1ccc2cc3c(ccn4c5ccccc5nc34)cc2c1. The average Bonchev–Trinajstić information content (AvgIpc) is 2.99. The van der Waals surface area contributed by atoms with Crippen LogP contribution in [0.15, 0.2) is 72.9 Å². The van der Waals surface area contributed by atoms with Gasteiger partial charge < -0.3 is 0 Å². The molecule has 2 heterocycles. The van der Waals surface area contributed by atoms with E-state index in [1.807, 2.05) is 6.07 Å². The van der Waals surface area contributed by atoms with E-state index in [-0.39, 0.29) is 0 Å². The molecule has 0 saturated heterocycles. The third-order valence-electron chi connectivity index (χ3n) is 4.16. The van der Waals surface area contributed by atoms with Crippen LogP contribution in [0.25, 0.3) is 38.2 Å². The lowest BCUT2D eigenvalue weighted by Gasteiger charge is -2.04. The molecule has 2 nitrogen and oxygen atoms in total. The second-order valence-corrected chi connectivity index (χ2v) is 7.62. The van der Waals surface area contributed by atoms with Gasteiger partial charge in [0.15, 0.2) is 4.30 Å². The Morgan fingerprint density at radius 3 is 2.16 bits per heavy atom. The number of pyridine rings is 1. The molecule has 25 heavy (non-hydrogen) atoms. The van der Waals surface area contributed by atoms with Crippen LogP contribution >= 0.6 is 34.8 Å². The Kier molecular flexibility index (Phi) is 4.43. The number of alkyl halides is 3. The van der Waals surface area contributed by atoms with Crippen molar-refractivity contribution in [3.8, 4) is 0 Å². The first-order chi connectivity index (χ1) is 12.1. The molecule has 0 fully saturated rings. The Morgan fingerprint density at radius 1 is 0.760 bits per heavy atom. The number of nitrogens with zero attached hydrogens (tertiary/aromatic N) is 2. The maximum absolute atomic E-state index is 4.81. The van der Waals surface area contributed by atoms with Gasteiger partial charge in [-0.3, -0.25) is 4.40 Å². The van der Waals surface area contributed by atoms with E-state index < -0.39 is 4.30 Å². The second kappa shape index (κ2) is 6.72. The number of aromatic nitrogens is 2. The first kappa shape index (κ1) is 16.5. The molecule has 124 valence electrons. The van der Waals surface area contributed by atoms with Gasteiger partial charge in [0.2, 0.25) is 0 Å². The van der Waals surface area contributed by atoms with E-state index in [1.165, 1.54) is 21.5 Å². The van der Waals surface area contributed by atoms with Gasteiger partial charge in [0.1, 0.15) is 5.65 Å². The molecular formula is C20H13Cl3N2. The van der Waals surface area contributed by atoms with Crippen LogP contribution in [-0.4, -0.2) is 13.7 Å². The van der Waals surface area contributed by atoms with Gasteiger partial charge in [-0.25, -0.2) is 4.98 Å². The number of para-hydroxylation sites is 2. The zero-order valence-electron chi connectivity index (χ0n) is 13.0. The summed E-state index contributed by atoms with van der Waals surface area (Å²) < 4.78 is 1.42. The van der Waals surface area contributed by atoms with Gasteiger partial charge in [0, 0.05) is 11.6 Å². The van der Waals surface area contributed by atoms with Crippen LogP contribution in [0.3, 0.4) is 0 Å². The van der Waals surface area contributed by atoms with Crippen LogP contribution in [0.4, 0.5) is 0 Å². The summed E-state index contributed by atoms with van der Waals surface area (Å²) in [5, 5.41) is 4.96. The lowest BCUT2D eigenvalue weighted by Crippen LogP contribution is -1.86. The second-order valence-electron chi connectivity index (χ2n) is 5.64. The van der Waals surface area contributed by atoms with Gasteiger partial charge >= 0.3 is 0 Å². The third kappa shape index (κ3) is 3.13. The summed E-state index contributed by atoms with van der Waals surface area (Å²) >= 11 is 14.4. The summed E-state index contributed by atoms with van der Waals surface area (Å²) in [5.41, 5.74) is 3.22. The van der Waals surface area contributed by atoms with Crippen LogP contribution < -0.4 is 0 Å². The number of hydrogen-bond acceptors (Lipinski definition) is 1. The monoisotopic (exact) mass is 386 g/mol. The van der Waals surface area contributed by atoms with E-state index in [9.17, 15) is 0 Å². The van der Waals surface area contributed by atoms with Crippen LogP contribution in [0.5, 0.6) is 0 Å². The highest BCUT2D eigenvalue weighted by Gasteiger charge is 2.08. The minimum absolute atomic E-state index is 0.750. The van der Waals surface area contributed by atoms with Gasteiger partial charge in [0.05, 0.1) is 11.0 Å². The lowest BCUT2D eigenvalue weighted by molar-refractivity contribution is 1.25. The first-order valence-corrected chi connectivity index (χ1v) is 9.05. The van der Waals surface area contributed by atoms with Crippen molar-refractivity contribution in [2.24, 2.45) is 0 Å². The molecule has 5 heteroatoms. The lowest BCUT2D eigenvalue weighted by atomic mass is 10.1. The van der Waals surface area contributed by atoms with Crippen LogP contribution in [0.2, 0.25) is 0 Å². The Bertz CT molecular complexity index is 1190. The molecule has 0 radical (unpaired) electrons. The Balaban J connectivity index is 0.000000358. The molecule has 2 aromatic heterocycles. The summed E-state index contributed by atoms with van der Waals surface area (Å²) in [6, 6.07) is 23.4. The summed E-state index contributed by atoms with van der Waals surface area (Å²) in [6.07, 6.45) is 2.11. The minimum atomic E-state index is -0.750. The maximum Gasteiger partial charge on any atom is 0.180 e. The predicted octanol–water partition coefficient (Wildman–Crippen LogP) is 6.78. The quantitative estimate of drug-likeness (QED) is 0.211. The number of rotatable bonds is 0. The molecule has 0 aliphatic heterocycles.